The molecule has 0 radical (unpaired) electrons. The van der Waals surface area contributed by atoms with E-state index in [1.165, 1.54) is 11.3 Å². The molecule has 0 saturated carbocycles. The molecule has 1 aliphatic heterocycles. The SMILES string of the molecule is CC1=C(C(=O)Nc2nc3cc(Br)ccc3s2)[C@H](c2ccc(C)cc2)C2=C(CC(C)(C)CC2=O)N1. The van der Waals surface area contributed by atoms with Gasteiger partial charge < -0.3 is 5.32 Å². The van der Waals surface area contributed by atoms with E-state index >= 15 is 0 Å². The van der Waals surface area contributed by atoms with Gasteiger partial charge in [-0.25, -0.2) is 4.98 Å². The van der Waals surface area contributed by atoms with E-state index in [0.717, 1.165) is 43.6 Å². The van der Waals surface area contributed by atoms with Crippen molar-refractivity contribution >= 4 is 54.3 Å². The average molecular weight is 536 g/mol. The molecule has 3 aromatic rings. The molecule has 0 unspecified atom stereocenters. The number of aryl methyl sites for hydroxylation is 1. The average Bonchev–Trinajstić information content (AvgIpc) is 3.13. The molecule has 5 rings (SSSR count). The third-order valence-corrected chi connectivity index (χ3v) is 7.91. The number of fused-ring (bicyclic) bond motifs is 1. The number of nitrogens with one attached hydrogen (secondary N) is 2. The molecule has 0 saturated heterocycles. The van der Waals surface area contributed by atoms with E-state index in [4.69, 9.17) is 0 Å². The molecule has 0 spiro atoms. The van der Waals surface area contributed by atoms with Gasteiger partial charge in [0.25, 0.3) is 5.91 Å². The first kappa shape index (κ1) is 23.0. The molecule has 1 aliphatic carbocycles. The van der Waals surface area contributed by atoms with Crippen molar-refractivity contribution in [3.05, 3.63) is 80.6 Å². The number of hydrogen-bond donors (Lipinski definition) is 2. The fourth-order valence-electron chi connectivity index (χ4n) is 4.95. The second-order valence-electron chi connectivity index (χ2n) is 9.93. The van der Waals surface area contributed by atoms with E-state index in [1.54, 1.807) is 0 Å². The molecule has 2 aliphatic rings. The van der Waals surface area contributed by atoms with Gasteiger partial charge in [-0.15, -0.1) is 0 Å². The summed E-state index contributed by atoms with van der Waals surface area (Å²) in [4.78, 5) is 31.7. The Balaban J connectivity index is 1.57. The highest BCUT2D eigenvalue weighted by Gasteiger charge is 2.42. The van der Waals surface area contributed by atoms with Crippen molar-refractivity contribution in [3.63, 3.8) is 0 Å². The number of allylic oxidation sites excluding steroid dienone is 3. The van der Waals surface area contributed by atoms with Crippen LogP contribution < -0.4 is 10.6 Å². The van der Waals surface area contributed by atoms with E-state index in [0.29, 0.717) is 22.7 Å². The number of carbonyl (C=O) groups excluding carboxylic acids is 2. The van der Waals surface area contributed by atoms with E-state index in [9.17, 15) is 9.59 Å². The molecular weight excluding hydrogens is 510 g/mol. The fourth-order valence-corrected chi connectivity index (χ4v) is 6.14. The highest BCUT2D eigenvalue weighted by molar-refractivity contribution is 9.10. The highest BCUT2D eigenvalue weighted by atomic mass is 79.9. The maximum atomic E-state index is 13.7. The van der Waals surface area contributed by atoms with Crippen LogP contribution in [0.5, 0.6) is 0 Å². The van der Waals surface area contributed by atoms with Crippen LogP contribution in [0.1, 0.15) is 50.7 Å². The van der Waals surface area contributed by atoms with Crippen LogP contribution in [0.2, 0.25) is 0 Å². The number of amides is 1. The van der Waals surface area contributed by atoms with Gasteiger partial charge in [-0.05, 0) is 49.4 Å². The normalized spacial score (nSPS) is 19.8. The van der Waals surface area contributed by atoms with Crippen LogP contribution in [0.25, 0.3) is 10.2 Å². The van der Waals surface area contributed by atoms with Crippen LogP contribution in [0.3, 0.4) is 0 Å². The third-order valence-electron chi connectivity index (χ3n) is 6.47. The Kier molecular flexibility index (Phi) is 5.73. The van der Waals surface area contributed by atoms with Gasteiger partial charge in [0.2, 0.25) is 0 Å². The Hall–Kier alpha value is -2.77. The Morgan fingerprint density at radius 2 is 1.88 bits per heavy atom. The summed E-state index contributed by atoms with van der Waals surface area (Å²) < 4.78 is 1.94. The molecular formula is C27H26BrN3O2S. The van der Waals surface area contributed by atoms with Gasteiger partial charge in [0.15, 0.2) is 10.9 Å². The summed E-state index contributed by atoms with van der Waals surface area (Å²) in [5.41, 5.74) is 5.79. The van der Waals surface area contributed by atoms with Crippen molar-refractivity contribution in [2.75, 3.05) is 5.32 Å². The minimum Gasteiger partial charge on any atom is -0.362 e. The van der Waals surface area contributed by atoms with Crippen LogP contribution in [-0.2, 0) is 9.59 Å². The van der Waals surface area contributed by atoms with E-state index in [1.807, 2.05) is 56.3 Å². The predicted octanol–water partition coefficient (Wildman–Crippen LogP) is 6.61. The lowest BCUT2D eigenvalue weighted by Crippen LogP contribution is -2.39. The van der Waals surface area contributed by atoms with Crippen LogP contribution in [0.4, 0.5) is 5.13 Å². The summed E-state index contributed by atoms with van der Waals surface area (Å²) in [6, 6.07) is 14.0. The van der Waals surface area contributed by atoms with Gasteiger partial charge in [0.05, 0.1) is 10.2 Å². The smallest absolute Gasteiger partial charge is 0.256 e. The molecule has 0 fully saturated rings. The lowest BCUT2D eigenvalue weighted by Gasteiger charge is -2.39. The van der Waals surface area contributed by atoms with Crippen molar-refractivity contribution in [3.8, 4) is 0 Å². The molecule has 2 aromatic carbocycles. The van der Waals surface area contributed by atoms with Crippen LogP contribution >= 0.6 is 27.3 Å². The number of rotatable bonds is 3. The van der Waals surface area contributed by atoms with Crippen molar-refractivity contribution < 1.29 is 9.59 Å². The minimum absolute atomic E-state index is 0.104. The molecule has 34 heavy (non-hydrogen) atoms. The maximum absolute atomic E-state index is 13.7. The van der Waals surface area contributed by atoms with Gasteiger partial charge in [0, 0.05) is 39.4 Å². The zero-order valence-electron chi connectivity index (χ0n) is 19.6. The second kappa shape index (κ2) is 8.47. The summed E-state index contributed by atoms with van der Waals surface area (Å²) in [6.45, 7) is 8.18. The number of thiazole rings is 1. The molecule has 7 heteroatoms. The number of nitrogens with zero attached hydrogens (tertiary/aromatic N) is 1. The fraction of sp³-hybridized carbons (Fsp3) is 0.296. The quantitative estimate of drug-likeness (QED) is 0.395. The first-order chi connectivity index (χ1) is 16.1. The Morgan fingerprint density at radius 3 is 2.62 bits per heavy atom. The zero-order valence-corrected chi connectivity index (χ0v) is 22.0. The van der Waals surface area contributed by atoms with Gasteiger partial charge >= 0.3 is 0 Å². The Labute approximate surface area is 211 Å². The first-order valence-corrected chi connectivity index (χ1v) is 12.9. The summed E-state index contributed by atoms with van der Waals surface area (Å²) in [7, 11) is 0. The molecule has 0 bridgehead atoms. The molecule has 1 aromatic heterocycles. The van der Waals surface area contributed by atoms with Crippen molar-refractivity contribution in [2.24, 2.45) is 5.41 Å². The molecule has 1 amide bonds. The molecule has 5 nitrogen and oxygen atoms in total. The van der Waals surface area contributed by atoms with Crippen LogP contribution in [-0.4, -0.2) is 16.7 Å². The van der Waals surface area contributed by atoms with E-state index < -0.39 is 5.92 Å². The maximum Gasteiger partial charge on any atom is 0.256 e. The highest BCUT2D eigenvalue weighted by Crippen LogP contribution is 2.46. The number of hydrogen-bond acceptors (Lipinski definition) is 5. The van der Waals surface area contributed by atoms with Crippen molar-refractivity contribution in [1.29, 1.82) is 0 Å². The number of anilines is 1. The minimum atomic E-state index is -0.413. The number of Topliss-reactive ketones (excluding diaryl/α,β-unsaturated/α-hetero) is 1. The monoisotopic (exact) mass is 535 g/mol. The first-order valence-electron chi connectivity index (χ1n) is 11.3. The van der Waals surface area contributed by atoms with Crippen LogP contribution in [0, 0.1) is 12.3 Å². The number of aromatic nitrogens is 1. The third kappa shape index (κ3) is 4.23. The standard InChI is InChI=1S/C27H26BrN3O2S/c1-14-5-7-16(8-6-14)23-22(15(2)29-19-12-27(3,4)13-20(32)24(19)23)25(33)31-26-30-18-11-17(28)9-10-21(18)34-26/h5-11,23,29H,12-13H2,1-4H3,(H,30,31,33)/t23-/m0/s1. The van der Waals surface area contributed by atoms with E-state index in [2.05, 4.69) is 45.4 Å². The summed E-state index contributed by atoms with van der Waals surface area (Å²) in [5, 5.41) is 6.97. The van der Waals surface area contributed by atoms with Gasteiger partial charge in [-0.1, -0.05) is 70.9 Å². The van der Waals surface area contributed by atoms with Gasteiger partial charge in [0.1, 0.15) is 0 Å². The number of ketones is 1. The van der Waals surface area contributed by atoms with Crippen LogP contribution in [0.15, 0.2) is 69.5 Å². The van der Waals surface area contributed by atoms with Crippen molar-refractivity contribution in [1.82, 2.24) is 10.3 Å². The second-order valence-corrected chi connectivity index (χ2v) is 11.9. The number of halogens is 1. The summed E-state index contributed by atoms with van der Waals surface area (Å²) in [5.74, 6) is -0.547. The lowest BCUT2D eigenvalue weighted by atomic mass is 9.68. The predicted molar refractivity (Wildman–Crippen MR) is 141 cm³/mol. The molecule has 174 valence electrons. The van der Waals surface area contributed by atoms with Crippen molar-refractivity contribution in [2.45, 2.75) is 46.5 Å². The topological polar surface area (TPSA) is 71.1 Å². The summed E-state index contributed by atoms with van der Waals surface area (Å²) >= 11 is 4.91. The summed E-state index contributed by atoms with van der Waals surface area (Å²) in [6.07, 6.45) is 1.24. The molecule has 1 atom stereocenters. The molecule has 2 heterocycles. The van der Waals surface area contributed by atoms with Gasteiger partial charge in [-0.2, -0.15) is 0 Å². The Bertz CT molecular complexity index is 1400. The number of benzene rings is 2. The largest absolute Gasteiger partial charge is 0.362 e. The Morgan fingerprint density at radius 1 is 1.15 bits per heavy atom. The number of carbonyl (C=O) groups is 2. The molecule has 2 N–H and O–H groups in total. The number of dihydropyridines is 1. The zero-order chi connectivity index (χ0) is 24.2. The van der Waals surface area contributed by atoms with Gasteiger partial charge in [-0.3, -0.25) is 14.9 Å². The van der Waals surface area contributed by atoms with E-state index in [-0.39, 0.29) is 17.1 Å². The lowest BCUT2D eigenvalue weighted by molar-refractivity contribution is -0.118.